The zero-order valence-corrected chi connectivity index (χ0v) is 13.3. The van der Waals surface area contributed by atoms with Crippen molar-refractivity contribution < 1.29 is 4.42 Å². The van der Waals surface area contributed by atoms with Crippen LogP contribution in [0.3, 0.4) is 0 Å². The molecule has 1 nitrogen and oxygen atoms in total. The Balaban J connectivity index is 1.84. The van der Waals surface area contributed by atoms with Crippen LogP contribution in [0.1, 0.15) is 16.2 Å². The van der Waals surface area contributed by atoms with E-state index in [0.717, 1.165) is 16.9 Å². The molecule has 0 fully saturated rings. The van der Waals surface area contributed by atoms with E-state index in [4.69, 9.17) is 4.42 Å². The molecular weight excluding hydrogens is 368 g/mol. The maximum absolute atomic E-state index is 5.57. The van der Waals surface area contributed by atoms with E-state index in [1.807, 2.05) is 12.1 Å². The van der Waals surface area contributed by atoms with Gasteiger partial charge >= 0.3 is 0 Å². The van der Waals surface area contributed by atoms with Gasteiger partial charge in [-0.05, 0) is 50.8 Å². The van der Waals surface area contributed by atoms with Crippen LogP contribution in [0.15, 0.2) is 63.7 Å². The second-order valence-corrected chi connectivity index (χ2v) is 6.38. The van der Waals surface area contributed by atoms with Crippen LogP contribution in [0.5, 0.6) is 0 Å². The number of halogens is 2. The number of hydrogen-bond donors (Lipinski definition) is 0. The number of alkyl halides is 1. The van der Waals surface area contributed by atoms with Gasteiger partial charge in [0.1, 0.15) is 5.76 Å². The van der Waals surface area contributed by atoms with Crippen molar-refractivity contribution in [1.29, 1.82) is 0 Å². The Morgan fingerprint density at radius 3 is 2.47 bits per heavy atom. The van der Waals surface area contributed by atoms with Crippen LogP contribution in [0.25, 0.3) is 10.8 Å². The minimum atomic E-state index is 0.194. The van der Waals surface area contributed by atoms with Crippen LogP contribution >= 0.6 is 31.9 Å². The molecule has 2 aromatic carbocycles. The number of furan rings is 1. The highest BCUT2D eigenvalue weighted by molar-refractivity contribution is 9.10. The van der Waals surface area contributed by atoms with E-state index in [-0.39, 0.29) is 4.83 Å². The molecule has 1 atom stereocenters. The molecule has 0 saturated carbocycles. The molecule has 0 saturated heterocycles. The Labute approximate surface area is 128 Å². The Hall–Kier alpha value is -1.06. The molecule has 0 amide bonds. The van der Waals surface area contributed by atoms with Gasteiger partial charge in [0.2, 0.25) is 0 Å². The van der Waals surface area contributed by atoms with Gasteiger partial charge in [-0.15, -0.1) is 0 Å². The fraction of sp³-hybridized carbons (Fsp3) is 0.125. The highest BCUT2D eigenvalue weighted by atomic mass is 79.9. The average Bonchev–Trinajstić information content (AvgIpc) is 2.85. The first kappa shape index (κ1) is 12.9. The smallest absolute Gasteiger partial charge is 0.169 e. The molecule has 0 aliphatic carbocycles. The molecule has 1 heterocycles. The summed E-state index contributed by atoms with van der Waals surface area (Å²) in [5.41, 5.74) is 1.30. The van der Waals surface area contributed by atoms with E-state index in [2.05, 4.69) is 74.3 Å². The van der Waals surface area contributed by atoms with Crippen LogP contribution in [0, 0.1) is 0 Å². The number of benzene rings is 2. The van der Waals surface area contributed by atoms with Crippen molar-refractivity contribution >= 4 is 42.6 Å². The summed E-state index contributed by atoms with van der Waals surface area (Å²) in [6.07, 6.45) is 0.908. The van der Waals surface area contributed by atoms with Gasteiger partial charge in [-0.3, -0.25) is 0 Å². The van der Waals surface area contributed by atoms with E-state index < -0.39 is 0 Å². The van der Waals surface area contributed by atoms with Gasteiger partial charge in [0.15, 0.2) is 4.67 Å². The topological polar surface area (TPSA) is 13.1 Å². The van der Waals surface area contributed by atoms with Crippen molar-refractivity contribution in [3.63, 3.8) is 0 Å². The molecule has 0 bridgehead atoms. The Morgan fingerprint density at radius 1 is 0.947 bits per heavy atom. The van der Waals surface area contributed by atoms with Crippen LogP contribution in [-0.2, 0) is 6.42 Å². The van der Waals surface area contributed by atoms with Gasteiger partial charge in [0.25, 0.3) is 0 Å². The second-order valence-electron chi connectivity index (χ2n) is 4.50. The van der Waals surface area contributed by atoms with Crippen molar-refractivity contribution in [3.05, 3.63) is 70.6 Å². The normalized spacial score (nSPS) is 12.7. The van der Waals surface area contributed by atoms with Crippen LogP contribution in [-0.4, -0.2) is 0 Å². The molecule has 19 heavy (non-hydrogen) atoms. The lowest BCUT2D eigenvalue weighted by atomic mass is 10.0. The molecule has 1 aromatic heterocycles. The Bertz CT molecular complexity index is 703. The first-order valence-electron chi connectivity index (χ1n) is 6.09. The van der Waals surface area contributed by atoms with Crippen LogP contribution < -0.4 is 0 Å². The SMILES string of the molecule is Brc1ccc(C(Br)Cc2ccc3ccccc3c2)o1. The quantitative estimate of drug-likeness (QED) is 0.518. The van der Waals surface area contributed by atoms with E-state index in [1.165, 1.54) is 16.3 Å². The molecule has 1 unspecified atom stereocenters. The summed E-state index contributed by atoms with van der Waals surface area (Å²) in [5.74, 6) is 0.944. The Morgan fingerprint density at radius 2 is 1.74 bits per heavy atom. The standard InChI is InChI=1S/C16H12Br2O/c17-14(15-7-8-16(18)19-15)10-11-5-6-12-3-1-2-4-13(12)9-11/h1-9,14H,10H2. The van der Waals surface area contributed by atoms with E-state index in [9.17, 15) is 0 Å². The van der Waals surface area contributed by atoms with Crippen molar-refractivity contribution in [3.8, 4) is 0 Å². The highest BCUT2D eigenvalue weighted by Crippen LogP contribution is 2.30. The largest absolute Gasteiger partial charge is 0.453 e. The van der Waals surface area contributed by atoms with Gasteiger partial charge < -0.3 is 4.42 Å². The summed E-state index contributed by atoms with van der Waals surface area (Å²) in [4.78, 5) is 0.194. The van der Waals surface area contributed by atoms with Crippen molar-refractivity contribution in [2.75, 3.05) is 0 Å². The lowest BCUT2D eigenvalue weighted by molar-refractivity contribution is 0.486. The highest BCUT2D eigenvalue weighted by Gasteiger charge is 2.12. The summed E-state index contributed by atoms with van der Waals surface area (Å²) in [5, 5.41) is 2.55. The predicted octanol–water partition coefficient (Wildman–Crippen LogP) is 5.87. The van der Waals surface area contributed by atoms with Crippen molar-refractivity contribution in [2.24, 2.45) is 0 Å². The molecule has 0 spiro atoms. The fourth-order valence-electron chi connectivity index (χ4n) is 2.17. The molecular formula is C16H12Br2O. The zero-order chi connectivity index (χ0) is 13.2. The second kappa shape index (κ2) is 5.51. The molecule has 3 heteroatoms. The average molecular weight is 380 g/mol. The van der Waals surface area contributed by atoms with Crippen molar-refractivity contribution in [2.45, 2.75) is 11.2 Å². The molecule has 3 rings (SSSR count). The number of rotatable bonds is 3. The van der Waals surface area contributed by atoms with Gasteiger partial charge in [0, 0.05) is 0 Å². The summed E-state index contributed by atoms with van der Waals surface area (Å²) in [6, 6.07) is 18.9. The van der Waals surface area contributed by atoms with E-state index in [0.29, 0.717) is 0 Å². The summed E-state index contributed by atoms with van der Waals surface area (Å²) >= 11 is 7.02. The summed E-state index contributed by atoms with van der Waals surface area (Å²) in [6.45, 7) is 0. The molecule has 0 aliphatic heterocycles. The van der Waals surface area contributed by atoms with E-state index >= 15 is 0 Å². The molecule has 0 N–H and O–H groups in total. The van der Waals surface area contributed by atoms with Gasteiger partial charge in [-0.1, -0.05) is 58.4 Å². The first-order valence-corrected chi connectivity index (χ1v) is 7.80. The maximum Gasteiger partial charge on any atom is 0.169 e. The van der Waals surface area contributed by atoms with Crippen LogP contribution in [0.4, 0.5) is 0 Å². The Kier molecular flexibility index (Phi) is 3.76. The fourth-order valence-corrected chi connectivity index (χ4v) is 3.11. The molecule has 0 aliphatic rings. The lowest BCUT2D eigenvalue weighted by Crippen LogP contribution is -1.93. The zero-order valence-electron chi connectivity index (χ0n) is 10.1. The molecule has 96 valence electrons. The third-order valence-corrected chi connectivity index (χ3v) is 4.33. The minimum Gasteiger partial charge on any atom is -0.453 e. The predicted molar refractivity (Wildman–Crippen MR) is 85.7 cm³/mol. The van der Waals surface area contributed by atoms with Gasteiger partial charge in [-0.2, -0.15) is 0 Å². The van der Waals surface area contributed by atoms with Gasteiger partial charge in [-0.25, -0.2) is 0 Å². The maximum atomic E-state index is 5.57. The lowest BCUT2D eigenvalue weighted by Gasteiger charge is -2.08. The first-order chi connectivity index (χ1) is 9.22. The third kappa shape index (κ3) is 2.93. The summed E-state index contributed by atoms with van der Waals surface area (Å²) < 4.78 is 6.34. The minimum absolute atomic E-state index is 0.194. The van der Waals surface area contributed by atoms with Crippen molar-refractivity contribution in [1.82, 2.24) is 0 Å². The number of fused-ring (bicyclic) bond motifs is 1. The summed E-state index contributed by atoms with van der Waals surface area (Å²) in [7, 11) is 0. The van der Waals surface area contributed by atoms with Gasteiger partial charge in [0.05, 0.1) is 4.83 Å². The monoisotopic (exact) mass is 378 g/mol. The van der Waals surface area contributed by atoms with E-state index in [1.54, 1.807) is 0 Å². The van der Waals surface area contributed by atoms with Crippen LogP contribution in [0.2, 0.25) is 0 Å². The molecule has 0 radical (unpaired) electrons. The third-order valence-electron chi connectivity index (χ3n) is 3.13. The number of hydrogen-bond acceptors (Lipinski definition) is 1. The molecule has 3 aromatic rings.